The zero-order valence-corrected chi connectivity index (χ0v) is 24.2. The molecule has 4 heterocycles. The minimum Gasteiger partial charge on any atom is -0.324 e. The lowest BCUT2D eigenvalue weighted by molar-refractivity contribution is 0.315. The Morgan fingerprint density at radius 1 is 0.976 bits per heavy atom. The van der Waals surface area contributed by atoms with Gasteiger partial charge in [0.2, 0.25) is 5.95 Å². The monoisotopic (exact) mass is 596 g/mol. The zero-order valence-electron chi connectivity index (χ0n) is 22.6. The zero-order chi connectivity index (χ0) is 28.9. The van der Waals surface area contributed by atoms with Gasteiger partial charge in [0.1, 0.15) is 4.21 Å². The van der Waals surface area contributed by atoms with E-state index >= 15 is 0 Å². The van der Waals surface area contributed by atoms with E-state index in [0.29, 0.717) is 35.4 Å². The van der Waals surface area contributed by atoms with Gasteiger partial charge in [-0.05, 0) is 73.4 Å². The van der Waals surface area contributed by atoms with Crippen molar-refractivity contribution in [1.82, 2.24) is 24.7 Å². The molecule has 5 aromatic rings. The van der Waals surface area contributed by atoms with E-state index in [4.69, 9.17) is 0 Å². The molecule has 4 aromatic heterocycles. The number of aromatic nitrogens is 5. The van der Waals surface area contributed by atoms with Crippen molar-refractivity contribution in [1.29, 1.82) is 5.26 Å². The fourth-order valence-electron chi connectivity index (χ4n) is 5.21. The van der Waals surface area contributed by atoms with Gasteiger partial charge in [0.25, 0.3) is 10.0 Å². The summed E-state index contributed by atoms with van der Waals surface area (Å²) in [6.07, 6.45) is 12.2. The van der Waals surface area contributed by atoms with Crippen LogP contribution in [-0.4, -0.2) is 33.2 Å². The second-order valence-corrected chi connectivity index (χ2v) is 13.1. The standard InChI is InChI=1S/C30H28N8O2S2/c31-16-14-27(21-5-1-2-6-21)38-20-22(19-34-38)25-15-18-33-30(36-25)35-23-8-10-24(11-9-23)37-42(39,40)29-13-12-28(41-29)26-7-3-4-17-32-26/h3-4,7-13,15,17-21,27,37H,1-2,5-6,14H2,(H,33,35,36). The van der Waals surface area contributed by atoms with Crippen molar-refractivity contribution in [3.05, 3.63) is 85.5 Å². The summed E-state index contributed by atoms with van der Waals surface area (Å²) in [5.41, 5.74) is 3.43. The predicted octanol–water partition coefficient (Wildman–Crippen LogP) is 6.65. The molecule has 1 aliphatic carbocycles. The largest absolute Gasteiger partial charge is 0.324 e. The Labute approximate surface area is 248 Å². The van der Waals surface area contributed by atoms with Crippen LogP contribution in [0.1, 0.15) is 38.1 Å². The van der Waals surface area contributed by atoms with Crippen LogP contribution in [0.15, 0.2) is 89.7 Å². The number of nitrogens with one attached hydrogen (secondary N) is 2. The number of benzene rings is 1. The fourth-order valence-corrected chi connectivity index (χ4v) is 7.55. The maximum atomic E-state index is 13.0. The van der Waals surface area contributed by atoms with Crippen LogP contribution in [0.3, 0.4) is 0 Å². The first-order chi connectivity index (χ1) is 20.5. The van der Waals surface area contributed by atoms with Gasteiger partial charge < -0.3 is 5.32 Å². The van der Waals surface area contributed by atoms with Crippen molar-refractivity contribution in [3.8, 4) is 27.9 Å². The van der Waals surface area contributed by atoms with E-state index in [1.807, 2.05) is 35.1 Å². The highest BCUT2D eigenvalue weighted by Crippen LogP contribution is 2.36. The second-order valence-electron chi connectivity index (χ2n) is 10.1. The normalized spacial score (nSPS) is 14.4. The summed E-state index contributed by atoms with van der Waals surface area (Å²) in [4.78, 5) is 14.0. The number of pyridine rings is 1. The predicted molar refractivity (Wildman–Crippen MR) is 163 cm³/mol. The highest BCUT2D eigenvalue weighted by atomic mass is 32.2. The van der Waals surface area contributed by atoms with Crippen molar-refractivity contribution < 1.29 is 8.42 Å². The van der Waals surface area contributed by atoms with Gasteiger partial charge in [0.05, 0.1) is 41.0 Å². The molecule has 0 radical (unpaired) electrons. The molecular weight excluding hydrogens is 569 g/mol. The maximum Gasteiger partial charge on any atom is 0.271 e. The first-order valence-corrected chi connectivity index (χ1v) is 15.9. The Kier molecular flexibility index (Phi) is 7.94. The Balaban J connectivity index is 1.12. The molecule has 0 bridgehead atoms. The molecule has 2 N–H and O–H groups in total. The fraction of sp³-hybridized carbons (Fsp3) is 0.233. The average Bonchev–Trinajstić information content (AvgIpc) is 3.80. The van der Waals surface area contributed by atoms with Crippen molar-refractivity contribution in [2.24, 2.45) is 5.92 Å². The highest BCUT2D eigenvalue weighted by molar-refractivity contribution is 7.94. The van der Waals surface area contributed by atoms with Gasteiger partial charge in [0.15, 0.2) is 0 Å². The Bertz CT molecular complexity index is 1810. The van der Waals surface area contributed by atoms with E-state index in [1.54, 1.807) is 55.0 Å². The van der Waals surface area contributed by atoms with Crippen molar-refractivity contribution in [3.63, 3.8) is 0 Å². The molecule has 6 rings (SSSR count). The van der Waals surface area contributed by atoms with Gasteiger partial charge in [-0.25, -0.2) is 18.4 Å². The van der Waals surface area contributed by atoms with E-state index in [1.165, 1.54) is 24.2 Å². The molecule has 0 aliphatic heterocycles. The lowest BCUT2D eigenvalue weighted by Crippen LogP contribution is -2.17. The van der Waals surface area contributed by atoms with Crippen molar-refractivity contribution in [2.45, 2.75) is 42.4 Å². The third-order valence-corrected chi connectivity index (χ3v) is 10.3. The average molecular weight is 597 g/mol. The van der Waals surface area contributed by atoms with Gasteiger partial charge in [0, 0.05) is 35.5 Å². The number of anilines is 3. The summed E-state index contributed by atoms with van der Waals surface area (Å²) in [6.45, 7) is 0. The number of sulfonamides is 1. The molecule has 10 nitrogen and oxygen atoms in total. The molecule has 1 fully saturated rings. The molecule has 12 heteroatoms. The number of rotatable bonds is 10. The maximum absolute atomic E-state index is 13.0. The molecular formula is C30H28N8O2S2. The summed E-state index contributed by atoms with van der Waals surface area (Å²) in [5.74, 6) is 0.875. The van der Waals surface area contributed by atoms with E-state index in [0.717, 1.165) is 29.0 Å². The van der Waals surface area contributed by atoms with Crippen LogP contribution in [0.5, 0.6) is 0 Å². The van der Waals surface area contributed by atoms with Crippen LogP contribution in [-0.2, 0) is 10.0 Å². The minimum absolute atomic E-state index is 0.0735. The Morgan fingerprint density at radius 2 is 1.79 bits per heavy atom. The molecule has 1 atom stereocenters. The summed E-state index contributed by atoms with van der Waals surface area (Å²) in [6, 6.07) is 20.0. The van der Waals surface area contributed by atoms with Crippen LogP contribution < -0.4 is 10.0 Å². The molecule has 1 aromatic carbocycles. The molecule has 1 saturated carbocycles. The number of nitriles is 1. The number of hydrogen-bond acceptors (Lipinski definition) is 9. The molecule has 42 heavy (non-hydrogen) atoms. The molecule has 1 aliphatic rings. The van der Waals surface area contributed by atoms with Crippen LogP contribution >= 0.6 is 11.3 Å². The Morgan fingerprint density at radius 3 is 2.55 bits per heavy atom. The summed E-state index contributed by atoms with van der Waals surface area (Å²) in [7, 11) is -3.75. The van der Waals surface area contributed by atoms with Gasteiger partial charge in [-0.2, -0.15) is 10.4 Å². The van der Waals surface area contributed by atoms with E-state index in [2.05, 4.69) is 36.2 Å². The molecule has 1 unspecified atom stereocenters. The lowest BCUT2D eigenvalue weighted by atomic mass is 9.96. The van der Waals surface area contributed by atoms with E-state index < -0.39 is 10.0 Å². The quantitative estimate of drug-likeness (QED) is 0.183. The van der Waals surface area contributed by atoms with Crippen LogP contribution in [0.4, 0.5) is 17.3 Å². The number of nitrogens with zero attached hydrogens (tertiary/aromatic N) is 6. The van der Waals surface area contributed by atoms with E-state index in [-0.39, 0.29) is 10.3 Å². The second kappa shape index (κ2) is 12.1. The van der Waals surface area contributed by atoms with E-state index in [9.17, 15) is 13.7 Å². The lowest BCUT2D eigenvalue weighted by Gasteiger charge is -2.21. The van der Waals surface area contributed by atoms with Gasteiger partial charge >= 0.3 is 0 Å². The van der Waals surface area contributed by atoms with Crippen LogP contribution in [0.2, 0.25) is 0 Å². The van der Waals surface area contributed by atoms with Crippen molar-refractivity contribution in [2.75, 3.05) is 10.0 Å². The molecule has 0 amide bonds. The minimum atomic E-state index is -3.75. The first kappa shape index (κ1) is 27.6. The highest BCUT2D eigenvalue weighted by Gasteiger charge is 2.27. The van der Waals surface area contributed by atoms with Crippen LogP contribution in [0, 0.1) is 17.2 Å². The summed E-state index contributed by atoms with van der Waals surface area (Å²) in [5, 5.41) is 17.1. The molecule has 0 saturated heterocycles. The first-order valence-electron chi connectivity index (χ1n) is 13.6. The SMILES string of the molecule is N#CCC(C1CCCC1)n1cc(-c2ccnc(Nc3ccc(NS(=O)(=O)c4ccc(-c5ccccn5)s4)cc3)n2)cn1. The van der Waals surface area contributed by atoms with Gasteiger partial charge in [-0.1, -0.05) is 18.9 Å². The Hall–Kier alpha value is -4.60. The third-order valence-electron chi connectivity index (χ3n) is 7.29. The smallest absolute Gasteiger partial charge is 0.271 e. The number of thiophene rings is 1. The third kappa shape index (κ3) is 6.17. The van der Waals surface area contributed by atoms with Gasteiger partial charge in [-0.15, -0.1) is 11.3 Å². The summed E-state index contributed by atoms with van der Waals surface area (Å²) < 4.78 is 30.7. The number of hydrogen-bond donors (Lipinski definition) is 2. The molecule has 212 valence electrons. The van der Waals surface area contributed by atoms with Crippen molar-refractivity contribution >= 4 is 38.7 Å². The topological polar surface area (TPSA) is 138 Å². The molecule has 0 spiro atoms. The van der Waals surface area contributed by atoms with Gasteiger partial charge in [-0.3, -0.25) is 14.4 Å². The summed E-state index contributed by atoms with van der Waals surface area (Å²) >= 11 is 1.17. The van der Waals surface area contributed by atoms with Crippen LogP contribution in [0.25, 0.3) is 21.8 Å².